The average molecular weight is 591 g/mol. The molecular weight excluding hydrogens is 567 g/mol. The summed E-state index contributed by atoms with van der Waals surface area (Å²) in [7, 11) is 0. The molecule has 1 aliphatic heterocycles. The number of nitrogens with zero attached hydrogens (tertiary/aromatic N) is 5. The van der Waals surface area contributed by atoms with Crippen molar-refractivity contribution in [3.8, 4) is 11.1 Å². The molecule has 3 aromatic heterocycles. The van der Waals surface area contributed by atoms with Crippen LogP contribution in [0.5, 0.6) is 0 Å². The molecule has 0 unspecified atom stereocenters. The molecule has 0 spiro atoms. The third-order valence-corrected chi connectivity index (χ3v) is 7.99. The number of anilines is 1. The fraction of sp³-hybridized carbons (Fsp3) is 0.286. The highest BCUT2D eigenvalue weighted by molar-refractivity contribution is 9.10. The highest BCUT2D eigenvalue weighted by Crippen LogP contribution is 2.48. The van der Waals surface area contributed by atoms with E-state index in [-0.39, 0.29) is 46.5 Å². The van der Waals surface area contributed by atoms with Crippen LogP contribution in [0.1, 0.15) is 35.9 Å². The molecule has 1 N–H and O–H groups in total. The second-order valence-corrected chi connectivity index (χ2v) is 10.8. The average Bonchev–Trinajstić information content (AvgIpc) is 3.41. The number of nitrogens with one attached hydrogen (secondary N) is 1. The van der Waals surface area contributed by atoms with Gasteiger partial charge in [-0.05, 0) is 78.4 Å². The highest BCUT2D eigenvalue weighted by atomic mass is 79.9. The van der Waals surface area contributed by atoms with Gasteiger partial charge in [0.2, 0.25) is 11.8 Å². The Morgan fingerprint density at radius 2 is 1.87 bits per heavy atom. The van der Waals surface area contributed by atoms with E-state index in [4.69, 9.17) is 0 Å². The van der Waals surface area contributed by atoms with Gasteiger partial charge in [-0.1, -0.05) is 6.07 Å². The van der Waals surface area contributed by atoms with Crippen LogP contribution in [0.15, 0.2) is 53.5 Å². The SMILES string of the molecule is CC(=O)c1cn(CC(=O)N2[C@@H]3C[C@@H]3C[C@H]2C(=O)Nc2ccc(F)c(Br)n2)c2ccc(-c3cnc(C)nc3)cc12. The lowest BCUT2D eigenvalue weighted by Gasteiger charge is -2.27. The number of carbonyl (C=O) groups is 3. The summed E-state index contributed by atoms with van der Waals surface area (Å²) in [4.78, 5) is 53.4. The molecular formula is C28H24BrFN6O3. The quantitative estimate of drug-likeness (QED) is 0.261. The summed E-state index contributed by atoms with van der Waals surface area (Å²) >= 11 is 3.03. The molecule has 1 aliphatic carbocycles. The third-order valence-electron chi connectivity index (χ3n) is 7.43. The summed E-state index contributed by atoms with van der Waals surface area (Å²) in [6, 6.07) is 7.68. The second-order valence-electron chi connectivity index (χ2n) is 10.1. The number of ketones is 1. The Morgan fingerprint density at radius 1 is 1.10 bits per heavy atom. The number of piperidine rings is 1. The Kier molecular flexibility index (Phi) is 6.25. The van der Waals surface area contributed by atoms with Crippen molar-refractivity contribution in [2.24, 2.45) is 5.92 Å². The van der Waals surface area contributed by atoms with Gasteiger partial charge in [0.1, 0.15) is 28.8 Å². The Balaban J connectivity index is 1.26. The molecule has 2 aliphatic rings. The van der Waals surface area contributed by atoms with Crippen LogP contribution in [-0.4, -0.2) is 54.1 Å². The van der Waals surface area contributed by atoms with E-state index >= 15 is 0 Å². The van der Waals surface area contributed by atoms with Gasteiger partial charge in [-0.25, -0.2) is 19.3 Å². The summed E-state index contributed by atoms with van der Waals surface area (Å²) in [5.41, 5.74) is 2.96. The van der Waals surface area contributed by atoms with E-state index in [2.05, 4.69) is 36.2 Å². The number of rotatable bonds is 6. The maximum Gasteiger partial charge on any atom is 0.248 e. The molecule has 39 heavy (non-hydrogen) atoms. The Hall–Kier alpha value is -3.99. The topological polar surface area (TPSA) is 110 Å². The summed E-state index contributed by atoms with van der Waals surface area (Å²) in [5.74, 6) is -0.0332. The minimum atomic E-state index is -0.644. The number of pyridine rings is 1. The monoisotopic (exact) mass is 590 g/mol. The van der Waals surface area contributed by atoms with E-state index in [0.29, 0.717) is 17.8 Å². The number of amides is 2. The molecule has 4 heterocycles. The normalized spacial score (nSPS) is 19.7. The van der Waals surface area contributed by atoms with Crippen LogP contribution < -0.4 is 5.32 Å². The summed E-state index contributed by atoms with van der Waals surface area (Å²) < 4.78 is 15.3. The zero-order valence-corrected chi connectivity index (χ0v) is 22.8. The van der Waals surface area contributed by atoms with Gasteiger partial charge in [0.05, 0.1) is 0 Å². The number of fused-ring (bicyclic) bond motifs is 2. The van der Waals surface area contributed by atoms with Crippen LogP contribution >= 0.6 is 15.9 Å². The molecule has 3 atom stereocenters. The molecule has 2 amide bonds. The summed E-state index contributed by atoms with van der Waals surface area (Å²) in [6.45, 7) is 3.30. The molecule has 0 radical (unpaired) electrons. The molecule has 1 saturated carbocycles. The van der Waals surface area contributed by atoms with Gasteiger partial charge in [0, 0.05) is 46.7 Å². The van der Waals surface area contributed by atoms with Crippen LogP contribution in [0, 0.1) is 18.7 Å². The Labute approximate surface area is 231 Å². The number of likely N-dealkylation sites (tertiary alicyclic amines) is 1. The molecule has 2 fully saturated rings. The zero-order chi connectivity index (χ0) is 27.4. The largest absolute Gasteiger partial charge is 0.337 e. The minimum Gasteiger partial charge on any atom is -0.337 e. The van der Waals surface area contributed by atoms with Crippen molar-refractivity contribution in [2.75, 3.05) is 5.32 Å². The lowest BCUT2D eigenvalue weighted by atomic mass is 10.0. The number of halogens is 2. The number of Topliss-reactive ketones (excluding diaryl/α,β-unsaturated/α-hetero) is 1. The van der Waals surface area contributed by atoms with Crippen LogP contribution in [-0.2, 0) is 16.1 Å². The number of aromatic nitrogens is 4. The first-order valence-electron chi connectivity index (χ1n) is 12.6. The van der Waals surface area contributed by atoms with E-state index in [1.54, 1.807) is 28.1 Å². The summed E-state index contributed by atoms with van der Waals surface area (Å²) in [6.07, 6.45) is 6.61. The van der Waals surface area contributed by atoms with E-state index in [9.17, 15) is 18.8 Å². The fourth-order valence-electron chi connectivity index (χ4n) is 5.40. The number of benzene rings is 1. The van der Waals surface area contributed by atoms with Crippen molar-refractivity contribution in [1.82, 2.24) is 24.4 Å². The first kappa shape index (κ1) is 25.3. The predicted molar refractivity (Wildman–Crippen MR) is 145 cm³/mol. The van der Waals surface area contributed by atoms with Gasteiger partial charge in [0.15, 0.2) is 11.6 Å². The molecule has 0 bridgehead atoms. The van der Waals surface area contributed by atoms with Crippen LogP contribution in [0.3, 0.4) is 0 Å². The van der Waals surface area contributed by atoms with Gasteiger partial charge >= 0.3 is 0 Å². The van der Waals surface area contributed by atoms with Gasteiger partial charge in [-0.15, -0.1) is 0 Å². The first-order chi connectivity index (χ1) is 18.7. The fourth-order valence-corrected chi connectivity index (χ4v) is 5.73. The van der Waals surface area contributed by atoms with Crippen molar-refractivity contribution in [1.29, 1.82) is 0 Å². The van der Waals surface area contributed by atoms with E-state index in [0.717, 1.165) is 28.5 Å². The van der Waals surface area contributed by atoms with Crippen molar-refractivity contribution >= 4 is 50.2 Å². The minimum absolute atomic E-state index is 0.00123. The molecule has 6 rings (SSSR count). The van der Waals surface area contributed by atoms with Gasteiger partial charge in [0.25, 0.3) is 0 Å². The highest BCUT2D eigenvalue weighted by Gasteiger charge is 2.56. The number of hydrogen-bond donors (Lipinski definition) is 1. The molecule has 1 saturated heterocycles. The van der Waals surface area contributed by atoms with E-state index in [1.165, 1.54) is 19.1 Å². The van der Waals surface area contributed by atoms with Crippen molar-refractivity contribution in [2.45, 2.75) is 45.3 Å². The van der Waals surface area contributed by atoms with Crippen molar-refractivity contribution in [3.63, 3.8) is 0 Å². The van der Waals surface area contributed by atoms with Crippen molar-refractivity contribution in [3.05, 3.63) is 70.7 Å². The lowest BCUT2D eigenvalue weighted by Crippen LogP contribution is -2.46. The predicted octanol–water partition coefficient (Wildman–Crippen LogP) is 4.53. The maximum atomic E-state index is 13.6. The van der Waals surface area contributed by atoms with Gasteiger partial charge < -0.3 is 14.8 Å². The van der Waals surface area contributed by atoms with Crippen LogP contribution in [0.4, 0.5) is 10.2 Å². The first-order valence-corrected chi connectivity index (χ1v) is 13.4. The Morgan fingerprint density at radius 3 is 2.59 bits per heavy atom. The maximum absolute atomic E-state index is 13.6. The number of hydrogen-bond acceptors (Lipinski definition) is 6. The molecule has 11 heteroatoms. The van der Waals surface area contributed by atoms with E-state index < -0.39 is 11.9 Å². The van der Waals surface area contributed by atoms with Crippen LogP contribution in [0.2, 0.25) is 0 Å². The van der Waals surface area contributed by atoms with E-state index in [1.807, 2.05) is 25.1 Å². The second kappa shape index (κ2) is 9.64. The third kappa shape index (κ3) is 4.71. The Bertz CT molecular complexity index is 1650. The van der Waals surface area contributed by atoms with Gasteiger partial charge in [-0.3, -0.25) is 14.4 Å². The standard InChI is InChI=1S/C28H24BrFN6O3/c1-14(37)20-12-35(22-5-3-16(7-19(20)22)18-10-31-15(2)32-11-18)13-26(38)36-23-8-17(23)9-24(36)28(39)34-25-6-4-21(30)27(29)33-25/h3-7,10-12,17,23-24H,8-9,13H2,1-2H3,(H,33,34,39)/t17-,23-,24+/m1/s1. The number of carbonyl (C=O) groups excluding carboxylic acids is 3. The lowest BCUT2D eigenvalue weighted by molar-refractivity contribution is -0.138. The smallest absolute Gasteiger partial charge is 0.248 e. The molecule has 4 aromatic rings. The molecule has 1 aromatic carbocycles. The van der Waals surface area contributed by atoms with Gasteiger partial charge in [-0.2, -0.15) is 0 Å². The molecule has 198 valence electrons. The molecule has 9 nitrogen and oxygen atoms in total. The number of aryl methyl sites for hydroxylation is 1. The summed E-state index contributed by atoms with van der Waals surface area (Å²) in [5, 5.41) is 3.45. The van der Waals surface area contributed by atoms with Crippen molar-refractivity contribution < 1.29 is 18.8 Å². The van der Waals surface area contributed by atoms with Crippen LogP contribution in [0.25, 0.3) is 22.0 Å². The zero-order valence-electron chi connectivity index (χ0n) is 21.2.